The second-order valence-electron chi connectivity index (χ2n) is 2.88. The first-order chi connectivity index (χ1) is 4.88. The van der Waals surface area contributed by atoms with E-state index in [1.165, 1.54) is 12.8 Å². The molecule has 54 valence electrons. The van der Waals surface area contributed by atoms with Gasteiger partial charge in [-0.15, -0.1) is 0 Å². The third kappa shape index (κ3) is 0.735. The van der Waals surface area contributed by atoms with Gasteiger partial charge in [-0.25, -0.2) is 5.43 Å². The van der Waals surface area contributed by atoms with E-state index in [1.54, 1.807) is 0 Å². The number of hydrogen-bond donors (Lipinski definition) is 1. The summed E-state index contributed by atoms with van der Waals surface area (Å²) >= 11 is 0. The molecule has 3 nitrogen and oxygen atoms in total. The number of hydrazone groups is 1. The number of nitrogens with zero attached hydrogens (tertiary/aromatic N) is 1. The number of amides is 1. The Morgan fingerprint density at radius 1 is 1.50 bits per heavy atom. The van der Waals surface area contributed by atoms with Crippen molar-refractivity contribution >= 4 is 11.6 Å². The van der Waals surface area contributed by atoms with Crippen LogP contribution in [0.25, 0.3) is 0 Å². The number of carbonyl (C=O) groups is 1. The minimum Gasteiger partial charge on any atom is -0.272 e. The van der Waals surface area contributed by atoms with Crippen molar-refractivity contribution in [1.29, 1.82) is 0 Å². The predicted octanol–water partition coefficient (Wildman–Crippen LogP) is 0.662. The Morgan fingerprint density at radius 3 is 3.20 bits per heavy atom. The minimum absolute atomic E-state index is 0.106. The first-order valence-corrected chi connectivity index (χ1v) is 3.74. The van der Waals surface area contributed by atoms with Crippen LogP contribution in [0.4, 0.5) is 0 Å². The van der Waals surface area contributed by atoms with Crippen molar-refractivity contribution < 1.29 is 4.79 Å². The number of nitrogens with one attached hydrogen (secondary N) is 1. The average Bonchev–Trinajstić information content (AvgIpc) is 2.34. The number of rotatable bonds is 0. The molecule has 0 aromatic rings. The molecule has 1 N–H and O–H groups in total. The van der Waals surface area contributed by atoms with Crippen molar-refractivity contribution in [2.24, 2.45) is 11.0 Å². The lowest BCUT2D eigenvalue weighted by Crippen LogP contribution is -2.25. The third-order valence-corrected chi connectivity index (χ3v) is 2.20. The Hall–Kier alpha value is -0.860. The molecule has 1 heterocycles. The van der Waals surface area contributed by atoms with Crippen molar-refractivity contribution in [1.82, 2.24) is 5.43 Å². The predicted molar refractivity (Wildman–Crippen MR) is 37.5 cm³/mol. The van der Waals surface area contributed by atoms with E-state index >= 15 is 0 Å². The highest BCUT2D eigenvalue weighted by Gasteiger charge is 2.31. The molecule has 0 aromatic heterocycles. The summed E-state index contributed by atoms with van der Waals surface area (Å²) < 4.78 is 0. The highest BCUT2D eigenvalue weighted by molar-refractivity contribution is 6.08. The topological polar surface area (TPSA) is 41.5 Å². The van der Waals surface area contributed by atoms with Crippen LogP contribution in [-0.2, 0) is 4.79 Å². The normalized spacial score (nSPS) is 31.0. The fraction of sp³-hybridized carbons (Fsp3) is 0.714. The maximum absolute atomic E-state index is 11.0. The quantitative estimate of drug-likeness (QED) is 0.525. The van der Waals surface area contributed by atoms with Crippen LogP contribution >= 0.6 is 0 Å². The van der Waals surface area contributed by atoms with Crippen molar-refractivity contribution in [3.63, 3.8) is 0 Å². The van der Waals surface area contributed by atoms with Gasteiger partial charge in [-0.05, 0) is 19.3 Å². The number of hydrogen-bond acceptors (Lipinski definition) is 2. The van der Waals surface area contributed by atoms with Crippen molar-refractivity contribution in [3.05, 3.63) is 0 Å². The van der Waals surface area contributed by atoms with E-state index in [-0.39, 0.29) is 11.8 Å². The molecule has 1 atom stereocenters. The molecule has 2 rings (SSSR count). The van der Waals surface area contributed by atoms with Gasteiger partial charge in [0.1, 0.15) is 0 Å². The van der Waals surface area contributed by atoms with Crippen LogP contribution in [0.1, 0.15) is 25.7 Å². The van der Waals surface area contributed by atoms with Crippen molar-refractivity contribution in [2.75, 3.05) is 0 Å². The van der Waals surface area contributed by atoms with E-state index in [9.17, 15) is 4.79 Å². The summed E-state index contributed by atoms with van der Waals surface area (Å²) in [5, 5.41) is 3.96. The van der Waals surface area contributed by atoms with Gasteiger partial charge in [-0.2, -0.15) is 5.10 Å². The summed E-state index contributed by atoms with van der Waals surface area (Å²) in [4.78, 5) is 11.0. The van der Waals surface area contributed by atoms with Crippen molar-refractivity contribution in [3.8, 4) is 0 Å². The second-order valence-corrected chi connectivity index (χ2v) is 2.88. The molecule has 2 aliphatic rings. The van der Waals surface area contributed by atoms with Gasteiger partial charge < -0.3 is 0 Å². The van der Waals surface area contributed by atoms with Crippen LogP contribution < -0.4 is 5.43 Å². The Labute approximate surface area is 59.5 Å². The summed E-state index contributed by atoms with van der Waals surface area (Å²) in [7, 11) is 0. The van der Waals surface area contributed by atoms with E-state index < -0.39 is 0 Å². The molecule has 0 aromatic carbocycles. The van der Waals surface area contributed by atoms with E-state index in [1.807, 2.05) is 0 Å². The van der Waals surface area contributed by atoms with Gasteiger partial charge in [0, 0.05) is 0 Å². The fourth-order valence-corrected chi connectivity index (χ4v) is 1.62. The van der Waals surface area contributed by atoms with Crippen molar-refractivity contribution in [2.45, 2.75) is 25.7 Å². The molecule has 1 aliphatic carbocycles. The molecule has 0 bridgehead atoms. The number of fused-ring (bicyclic) bond motifs is 1. The molecule has 1 unspecified atom stereocenters. The summed E-state index contributed by atoms with van der Waals surface area (Å²) in [6, 6.07) is 0. The lowest BCUT2D eigenvalue weighted by atomic mass is 9.88. The second kappa shape index (κ2) is 2.08. The molecule has 0 radical (unpaired) electrons. The fourth-order valence-electron chi connectivity index (χ4n) is 1.62. The highest BCUT2D eigenvalue weighted by atomic mass is 16.2. The summed E-state index contributed by atoms with van der Waals surface area (Å²) in [6.07, 6.45) is 4.40. The molecule has 3 heteroatoms. The first-order valence-electron chi connectivity index (χ1n) is 3.74. The molecule has 1 fully saturated rings. The molecule has 1 aliphatic heterocycles. The van der Waals surface area contributed by atoms with Crippen LogP contribution in [0.15, 0.2) is 5.10 Å². The zero-order valence-corrected chi connectivity index (χ0v) is 5.76. The standard InChI is InChI=1S/C7H10N2O/c10-7-5-3-1-2-4-6(5)8-9-7/h5H,1-4H2,(H,9,10). The van der Waals surface area contributed by atoms with Crippen LogP contribution in [0.3, 0.4) is 0 Å². The molecule has 1 amide bonds. The van der Waals surface area contributed by atoms with Gasteiger partial charge in [0.05, 0.1) is 11.6 Å². The van der Waals surface area contributed by atoms with Gasteiger partial charge in [0.25, 0.3) is 0 Å². The van der Waals surface area contributed by atoms with Gasteiger partial charge in [0.15, 0.2) is 0 Å². The smallest absolute Gasteiger partial charge is 0.248 e. The van der Waals surface area contributed by atoms with Gasteiger partial charge in [-0.1, -0.05) is 6.42 Å². The van der Waals surface area contributed by atoms with Gasteiger partial charge in [-0.3, -0.25) is 4.79 Å². The maximum Gasteiger partial charge on any atom is 0.248 e. The third-order valence-electron chi connectivity index (χ3n) is 2.20. The first kappa shape index (κ1) is 5.89. The monoisotopic (exact) mass is 138 g/mol. The largest absolute Gasteiger partial charge is 0.272 e. The van der Waals surface area contributed by atoms with Crippen LogP contribution in [0.2, 0.25) is 0 Å². The minimum atomic E-state index is 0.106. The molecule has 0 saturated heterocycles. The molecular weight excluding hydrogens is 128 g/mol. The average molecular weight is 138 g/mol. The molecule has 0 spiro atoms. The molecule has 10 heavy (non-hydrogen) atoms. The van der Waals surface area contributed by atoms with E-state index in [2.05, 4.69) is 10.5 Å². The zero-order valence-electron chi connectivity index (χ0n) is 5.76. The Balaban J connectivity index is 2.18. The van der Waals surface area contributed by atoms with Crippen LogP contribution in [-0.4, -0.2) is 11.6 Å². The van der Waals surface area contributed by atoms with Gasteiger partial charge in [0.2, 0.25) is 5.91 Å². The molecule has 1 saturated carbocycles. The van der Waals surface area contributed by atoms with E-state index in [4.69, 9.17) is 0 Å². The Morgan fingerprint density at radius 2 is 2.40 bits per heavy atom. The highest BCUT2D eigenvalue weighted by Crippen LogP contribution is 2.24. The summed E-state index contributed by atoms with van der Waals surface area (Å²) in [5.41, 5.74) is 3.59. The summed E-state index contributed by atoms with van der Waals surface area (Å²) in [5.74, 6) is 0.239. The SMILES string of the molecule is O=C1NN=C2CCCCC12. The zero-order chi connectivity index (χ0) is 6.97. The lowest BCUT2D eigenvalue weighted by molar-refractivity contribution is -0.122. The van der Waals surface area contributed by atoms with E-state index in [0.717, 1.165) is 18.6 Å². The Bertz CT molecular complexity index is 198. The number of carbonyl (C=O) groups excluding carboxylic acids is 1. The lowest BCUT2D eigenvalue weighted by Gasteiger charge is -2.14. The van der Waals surface area contributed by atoms with Gasteiger partial charge >= 0.3 is 0 Å². The van der Waals surface area contributed by atoms with Crippen LogP contribution in [0.5, 0.6) is 0 Å². The van der Waals surface area contributed by atoms with E-state index in [0.29, 0.717) is 0 Å². The molecular formula is C7H10N2O. The maximum atomic E-state index is 11.0. The summed E-state index contributed by atoms with van der Waals surface area (Å²) in [6.45, 7) is 0. The van der Waals surface area contributed by atoms with Crippen LogP contribution in [0, 0.1) is 5.92 Å². The Kier molecular flexibility index (Phi) is 1.22.